The van der Waals surface area contributed by atoms with Crippen LogP contribution in [0.2, 0.25) is 0 Å². The molecule has 1 unspecified atom stereocenters. The Morgan fingerprint density at radius 1 is 0.967 bits per heavy atom. The molecule has 5 rings (SSSR count). The maximum absolute atomic E-state index is 12.7. The zero-order valence-corrected chi connectivity index (χ0v) is 17.1. The second kappa shape index (κ2) is 8.16. The van der Waals surface area contributed by atoms with Crippen LogP contribution in [-0.4, -0.2) is 31.3 Å². The molecule has 2 aromatic heterocycles. The van der Waals surface area contributed by atoms with Crippen molar-refractivity contribution in [2.45, 2.75) is 11.9 Å². The van der Waals surface area contributed by atoms with Gasteiger partial charge in [0.25, 0.3) is 0 Å². The molecular weight excluding hydrogens is 392 g/mol. The monoisotopic (exact) mass is 412 g/mol. The molecule has 0 saturated carbocycles. The molecule has 1 aliphatic heterocycles. The van der Waals surface area contributed by atoms with Crippen LogP contribution in [-0.2, 0) is 11.3 Å². The Balaban J connectivity index is 1.58. The van der Waals surface area contributed by atoms with Gasteiger partial charge in [-0.05, 0) is 23.8 Å². The number of carbonyl (C=O) groups excluding carboxylic acids is 1. The number of rotatable bonds is 5. The van der Waals surface area contributed by atoms with Gasteiger partial charge in [0.05, 0.1) is 17.1 Å². The van der Waals surface area contributed by atoms with Crippen molar-refractivity contribution in [2.24, 2.45) is 0 Å². The van der Waals surface area contributed by atoms with Gasteiger partial charge >= 0.3 is 0 Å². The van der Waals surface area contributed by atoms with E-state index >= 15 is 0 Å². The minimum Gasteiger partial charge on any atom is -0.321 e. The number of thioether (sulfide) groups is 1. The fourth-order valence-electron chi connectivity index (χ4n) is 3.67. The van der Waals surface area contributed by atoms with Crippen LogP contribution in [0.4, 0.5) is 0 Å². The van der Waals surface area contributed by atoms with Gasteiger partial charge in [-0.15, -0.1) is 11.8 Å². The lowest BCUT2D eigenvalue weighted by Crippen LogP contribution is -2.27. The molecule has 0 aliphatic carbocycles. The second-order valence-corrected chi connectivity index (χ2v) is 8.19. The molecule has 1 atom stereocenters. The summed E-state index contributed by atoms with van der Waals surface area (Å²) in [5, 5.41) is 4.82. The van der Waals surface area contributed by atoms with Gasteiger partial charge in [0.1, 0.15) is 5.37 Å². The molecule has 0 N–H and O–H groups in total. The Morgan fingerprint density at radius 3 is 2.47 bits per heavy atom. The van der Waals surface area contributed by atoms with Crippen molar-refractivity contribution >= 4 is 17.7 Å². The van der Waals surface area contributed by atoms with Gasteiger partial charge in [-0.2, -0.15) is 5.10 Å². The minimum atomic E-state index is -0.0922. The molecule has 0 spiro atoms. The molecule has 1 amide bonds. The van der Waals surface area contributed by atoms with E-state index in [1.165, 1.54) is 0 Å². The largest absolute Gasteiger partial charge is 0.321 e. The molecule has 1 fully saturated rings. The number of nitrogens with zero attached hydrogens (tertiary/aromatic N) is 4. The van der Waals surface area contributed by atoms with Crippen LogP contribution < -0.4 is 0 Å². The van der Waals surface area contributed by atoms with E-state index in [0.717, 1.165) is 28.1 Å². The Morgan fingerprint density at radius 2 is 1.73 bits per heavy atom. The summed E-state index contributed by atoms with van der Waals surface area (Å²) in [7, 11) is 0. The van der Waals surface area contributed by atoms with E-state index in [2.05, 4.69) is 23.3 Å². The average molecular weight is 413 g/mol. The predicted molar refractivity (Wildman–Crippen MR) is 119 cm³/mol. The van der Waals surface area contributed by atoms with E-state index < -0.39 is 0 Å². The summed E-state index contributed by atoms with van der Waals surface area (Å²) in [5.74, 6) is 0.607. The highest BCUT2D eigenvalue weighted by Crippen LogP contribution is 2.43. The molecule has 5 nitrogen and oxygen atoms in total. The smallest absolute Gasteiger partial charge is 0.234 e. The van der Waals surface area contributed by atoms with E-state index in [-0.39, 0.29) is 11.3 Å². The summed E-state index contributed by atoms with van der Waals surface area (Å²) < 4.78 is 1.91. The predicted octanol–water partition coefficient (Wildman–Crippen LogP) is 4.71. The van der Waals surface area contributed by atoms with Crippen LogP contribution in [0.3, 0.4) is 0 Å². The molecule has 6 heteroatoms. The molecule has 0 bridgehead atoms. The van der Waals surface area contributed by atoms with E-state index in [1.54, 1.807) is 18.0 Å². The summed E-state index contributed by atoms with van der Waals surface area (Å²) in [4.78, 5) is 18.9. The highest BCUT2D eigenvalue weighted by Gasteiger charge is 2.35. The first-order valence-corrected chi connectivity index (χ1v) is 10.8. The first-order valence-electron chi connectivity index (χ1n) is 9.80. The van der Waals surface area contributed by atoms with Gasteiger partial charge in [0.15, 0.2) is 0 Å². The van der Waals surface area contributed by atoms with Crippen molar-refractivity contribution in [3.8, 4) is 16.9 Å². The van der Waals surface area contributed by atoms with E-state index in [9.17, 15) is 4.79 Å². The highest BCUT2D eigenvalue weighted by atomic mass is 32.2. The van der Waals surface area contributed by atoms with Gasteiger partial charge in [0.2, 0.25) is 5.91 Å². The number of pyridine rings is 1. The van der Waals surface area contributed by atoms with E-state index in [1.807, 2.05) is 76.4 Å². The molecule has 30 heavy (non-hydrogen) atoms. The number of hydrogen-bond donors (Lipinski definition) is 0. The van der Waals surface area contributed by atoms with Crippen molar-refractivity contribution in [3.63, 3.8) is 0 Å². The summed E-state index contributed by atoms with van der Waals surface area (Å²) in [5.41, 5.74) is 5.01. The lowest BCUT2D eigenvalue weighted by molar-refractivity contribution is -0.128. The van der Waals surface area contributed by atoms with Gasteiger partial charge in [0, 0.05) is 36.3 Å². The summed E-state index contributed by atoms with van der Waals surface area (Å²) >= 11 is 1.65. The third-order valence-corrected chi connectivity index (χ3v) is 6.36. The van der Waals surface area contributed by atoms with Crippen LogP contribution in [0, 0.1) is 0 Å². The first kappa shape index (κ1) is 18.6. The quantitative estimate of drug-likeness (QED) is 0.476. The normalized spacial score (nSPS) is 16.2. The molecule has 1 saturated heterocycles. The zero-order valence-electron chi connectivity index (χ0n) is 16.3. The van der Waals surface area contributed by atoms with Crippen molar-refractivity contribution < 1.29 is 4.79 Å². The van der Waals surface area contributed by atoms with Gasteiger partial charge < -0.3 is 4.90 Å². The number of para-hydroxylation sites is 1. The standard InChI is InChI=1S/C24H20N4OS/c29-22-17-30-24(27(22)15-18-8-7-13-25-14-18)21-16-28(20-11-5-2-6-12-20)26-23(21)19-9-3-1-4-10-19/h1-14,16,24H,15,17H2. The summed E-state index contributed by atoms with van der Waals surface area (Å²) in [6.07, 6.45) is 5.63. The van der Waals surface area contributed by atoms with Crippen LogP contribution in [0.15, 0.2) is 91.4 Å². The van der Waals surface area contributed by atoms with Crippen molar-refractivity contribution in [2.75, 3.05) is 5.75 Å². The van der Waals surface area contributed by atoms with Crippen molar-refractivity contribution in [3.05, 3.63) is 103 Å². The minimum absolute atomic E-state index is 0.0922. The van der Waals surface area contributed by atoms with E-state index in [0.29, 0.717) is 12.3 Å². The number of aromatic nitrogens is 3. The highest BCUT2D eigenvalue weighted by molar-refractivity contribution is 8.00. The molecule has 3 heterocycles. The SMILES string of the molecule is O=C1CSC(c2cn(-c3ccccc3)nc2-c2ccccc2)N1Cc1cccnc1. The Kier molecular flexibility index (Phi) is 5.07. The molecule has 0 radical (unpaired) electrons. The number of carbonyl (C=O) groups is 1. The fourth-order valence-corrected chi connectivity index (χ4v) is 4.86. The molecular formula is C24H20N4OS. The molecule has 148 valence electrons. The van der Waals surface area contributed by atoms with Gasteiger partial charge in [-0.1, -0.05) is 54.6 Å². The second-order valence-electron chi connectivity index (χ2n) is 7.13. The lowest BCUT2D eigenvalue weighted by Gasteiger charge is -2.24. The third kappa shape index (κ3) is 3.62. The molecule has 4 aromatic rings. The topological polar surface area (TPSA) is 51.0 Å². The Bertz CT molecular complexity index is 1150. The fraction of sp³-hybridized carbons (Fsp3) is 0.125. The molecule has 1 aliphatic rings. The van der Waals surface area contributed by atoms with Crippen molar-refractivity contribution in [1.82, 2.24) is 19.7 Å². The van der Waals surface area contributed by atoms with Crippen LogP contribution in [0.1, 0.15) is 16.5 Å². The third-order valence-electron chi connectivity index (χ3n) is 5.12. The zero-order chi connectivity index (χ0) is 20.3. The van der Waals surface area contributed by atoms with Crippen LogP contribution in [0.5, 0.6) is 0 Å². The summed E-state index contributed by atoms with van der Waals surface area (Å²) in [6.45, 7) is 0.537. The van der Waals surface area contributed by atoms with Gasteiger partial charge in [-0.25, -0.2) is 4.68 Å². The van der Waals surface area contributed by atoms with Crippen molar-refractivity contribution in [1.29, 1.82) is 0 Å². The maximum atomic E-state index is 12.7. The maximum Gasteiger partial charge on any atom is 0.234 e. The molecule has 2 aromatic carbocycles. The Labute approximate surface area is 179 Å². The number of benzene rings is 2. The number of amides is 1. The van der Waals surface area contributed by atoms with Gasteiger partial charge in [-0.3, -0.25) is 9.78 Å². The van der Waals surface area contributed by atoms with Crippen LogP contribution >= 0.6 is 11.8 Å². The summed E-state index contributed by atoms with van der Waals surface area (Å²) in [6, 6.07) is 24.1. The number of hydrogen-bond acceptors (Lipinski definition) is 4. The Hall–Kier alpha value is -3.38. The van der Waals surface area contributed by atoms with E-state index in [4.69, 9.17) is 5.10 Å². The lowest BCUT2D eigenvalue weighted by atomic mass is 10.1. The average Bonchev–Trinajstić information content (AvgIpc) is 3.40. The first-order chi connectivity index (χ1) is 14.8. The van der Waals surface area contributed by atoms with Crippen LogP contribution in [0.25, 0.3) is 16.9 Å².